The second-order valence-corrected chi connectivity index (χ2v) is 8.21. The number of amides is 2. The van der Waals surface area contributed by atoms with Gasteiger partial charge in [-0.2, -0.15) is 0 Å². The van der Waals surface area contributed by atoms with E-state index in [1.165, 1.54) is 31.2 Å². The van der Waals surface area contributed by atoms with Gasteiger partial charge in [0.05, 0.1) is 4.90 Å². The quantitative estimate of drug-likeness (QED) is 0.578. The van der Waals surface area contributed by atoms with Gasteiger partial charge < -0.3 is 15.4 Å². The van der Waals surface area contributed by atoms with Gasteiger partial charge in [0.25, 0.3) is 5.91 Å². The summed E-state index contributed by atoms with van der Waals surface area (Å²) in [4.78, 5) is 23.3. The van der Waals surface area contributed by atoms with Crippen LogP contribution in [0.2, 0.25) is 0 Å². The van der Waals surface area contributed by atoms with Crippen LogP contribution in [0.15, 0.2) is 53.4 Å². The molecule has 0 heterocycles. The molecule has 8 nitrogen and oxygen atoms in total. The first-order valence-corrected chi connectivity index (χ1v) is 10.6. The fraction of sp³-hybridized carbons (Fsp3) is 0.300. The third-order valence-electron chi connectivity index (χ3n) is 3.94. The second-order valence-electron chi connectivity index (χ2n) is 6.50. The lowest BCUT2D eigenvalue weighted by Crippen LogP contribution is -2.31. The van der Waals surface area contributed by atoms with Crippen LogP contribution in [0, 0.1) is 0 Å². The molecule has 2 amide bonds. The molecule has 2 aromatic rings. The Labute approximate surface area is 170 Å². The number of hydrogen-bond donors (Lipinski definition) is 3. The maximum Gasteiger partial charge on any atom is 0.262 e. The number of carbonyl (C=O) groups excluding carboxylic acids is 2. The molecule has 156 valence electrons. The summed E-state index contributed by atoms with van der Waals surface area (Å²) in [6, 6.07) is 12.4. The number of ether oxygens (including phenoxy) is 1. The molecule has 0 radical (unpaired) electrons. The summed E-state index contributed by atoms with van der Waals surface area (Å²) >= 11 is 0. The first-order valence-electron chi connectivity index (χ1n) is 9.12. The van der Waals surface area contributed by atoms with E-state index in [1.54, 1.807) is 31.2 Å². The van der Waals surface area contributed by atoms with Crippen molar-refractivity contribution in [3.05, 3.63) is 48.5 Å². The fourth-order valence-electron chi connectivity index (χ4n) is 2.36. The molecular weight excluding hydrogens is 394 g/mol. The van der Waals surface area contributed by atoms with E-state index in [0.29, 0.717) is 23.5 Å². The lowest BCUT2D eigenvalue weighted by atomic mass is 10.2. The van der Waals surface area contributed by atoms with Crippen LogP contribution in [0.5, 0.6) is 5.75 Å². The molecule has 9 heteroatoms. The molecule has 0 saturated carbocycles. The Morgan fingerprint density at radius 1 is 1.03 bits per heavy atom. The lowest BCUT2D eigenvalue weighted by Gasteiger charge is -2.12. The zero-order valence-corrected chi connectivity index (χ0v) is 17.4. The standard InChI is InChI=1S/C20H25N3O5S/c1-4-14(2)23-29(26,27)19-10-8-18(9-11-19)28-13-20(25)22-17-7-5-6-16(12-17)21-15(3)24/h5-12,14,23H,4,13H2,1-3H3,(H,21,24)(H,22,25)/t14-/m0/s1. The Kier molecular flexibility index (Phi) is 7.74. The van der Waals surface area contributed by atoms with E-state index in [1.807, 2.05) is 6.92 Å². The maximum atomic E-state index is 12.2. The van der Waals surface area contributed by atoms with Gasteiger partial charge in [-0.15, -0.1) is 0 Å². The van der Waals surface area contributed by atoms with Gasteiger partial charge in [0.15, 0.2) is 6.61 Å². The number of sulfonamides is 1. The summed E-state index contributed by atoms with van der Waals surface area (Å²) < 4.78 is 32.5. The minimum Gasteiger partial charge on any atom is -0.484 e. The molecule has 0 unspecified atom stereocenters. The summed E-state index contributed by atoms with van der Waals surface area (Å²) in [7, 11) is -3.59. The number of carbonyl (C=O) groups is 2. The smallest absolute Gasteiger partial charge is 0.262 e. The summed E-state index contributed by atoms with van der Waals surface area (Å²) in [6.45, 7) is 4.84. The first-order chi connectivity index (χ1) is 13.7. The van der Waals surface area contributed by atoms with Crippen molar-refractivity contribution >= 4 is 33.2 Å². The van der Waals surface area contributed by atoms with Crippen LogP contribution in [-0.4, -0.2) is 32.9 Å². The monoisotopic (exact) mass is 419 g/mol. The van der Waals surface area contributed by atoms with Crippen molar-refractivity contribution in [3.63, 3.8) is 0 Å². The summed E-state index contributed by atoms with van der Waals surface area (Å²) in [5, 5.41) is 5.30. The zero-order valence-electron chi connectivity index (χ0n) is 16.6. The normalized spacial score (nSPS) is 12.1. The Balaban J connectivity index is 1.91. The molecule has 0 aromatic heterocycles. The topological polar surface area (TPSA) is 114 Å². The van der Waals surface area contributed by atoms with Crippen molar-refractivity contribution in [1.82, 2.24) is 4.72 Å². The van der Waals surface area contributed by atoms with E-state index in [0.717, 1.165) is 0 Å². The van der Waals surface area contributed by atoms with Crippen molar-refractivity contribution in [2.45, 2.75) is 38.1 Å². The van der Waals surface area contributed by atoms with E-state index in [2.05, 4.69) is 15.4 Å². The van der Waals surface area contributed by atoms with Crippen molar-refractivity contribution in [2.75, 3.05) is 17.2 Å². The van der Waals surface area contributed by atoms with Crippen LogP contribution in [0.1, 0.15) is 27.2 Å². The van der Waals surface area contributed by atoms with Gasteiger partial charge in [0.2, 0.25) is 15.9 Å². The third kappa shape index (κ3) is 7.20. The number of hydrogen-bond acceptors (Lipinski definition) is 5. The predicted molar refractivity (Wildman–Crippen MR) is 111 cm³/mol. The number of nitrogens with one attached hydrogen (secondary N) is 3. The zero-order chi connectivity index (χ0) is 21.4. The van der Waals surface area contributed by atoms with Crippen LogP contribution >= 0.6 is 0 Å². The molecule has 1 atom stereocenters. The van der Waals surface area contributed by atoms with Gasteiger partial charge in [-0.3, -0.25) is 9.59 Å². The second kappa shape index (κ2) is 10.0. The molecule has 0 aliphatic rings. The highest BCUT2D eigenvalue weighted by atomic mass is 32.2. The highest BCUT2D eigenvalue weighted by Crippen LogP contribution is 2.17. The SMILES string of the molecule is CC[C@H](C)NS(=O)(=O)c1ccc(OCC(=O)Nc2cccc(NC(C)=O)c2)cc1. The van der Waals surface area contributed by atoms with Crippen LogP contribution < -0.4 is 20.1 Å². The van der Waals surface area contributed by atoms with Gasteiger partial charge in [0.1, 0.15) is 5.75 Å². The summed E-state index contributed by atoms with van der Waals surface area (Å²) in [5.74, 6) is -0.226. The van der Waals surface area contributed by atoms with E-state index in [9.17, 15) is 18.0 Å². The molecule has 2 aromatic carbocycles. The van der Waals surface area contributed by atoms with Crippen LogP contribution in [0.3, 0.4) is 0 Å². The van der Waals surface area contributed by atoms with Crippen molar-refractivity contribution in [3.8, 4) is 5.75 Å². The Morgan fingerprint density at radius 3 is 2.24 bits per heavy atom. The molecule has 0 aliphatic carbocycles. The average molecular weight is 420 g/mol. The van der Waals surface area contributed by atoms with E-state index < -0.39 is 10.0 Å². The number of benzene rings is 2. The molecule has 0 spiro atoms. The fourth-order valence-corrected chi connectivity index (χ4v) is 3.68. The predicted octanol–water partition coefficient (Wildman–Crippen LogP) is 2.74. The van der Waals surface area contributed by atoms with Crippen LogP contribution in [0.4, 0.5) is 11.4 Å². The molecule has 2 rings (SSSR count). The third-order valence-corrected chi connectivity index (χ3v) is 5.54. The molecule has 0 aliphatic heterocycles. The summed E-state index contributed by atoms with van der Waals surface area (Å²) in [5.41, 5.74) is 1.08. The molecule has 0 saturated heterocycles. The average Bonchev–Trinajstić information content (AvgIpc) is 2.66. The van der Waals surface area contributed by atoms with Crippen LogP contribution in [0.25, 0.3) is 0 Å². The van der Waals surface area contributed by atoms with E-state index in [4.69, 9.17) is 4.74 Å². The van der Waals surface area contributed by atoms with Crippen molar-refractivity contribution in [1.29, 1.82) is 0 Å². The Bertz CT molecular complexity index is 958. The van der Waals surface area contributed by atoms with Crippen molar-refractivity contribution < 1.29 is 22.7 Å². The van der Waals surface area contributed by atoms with Crippen LogP contribution in [-0.2, 0) is 19.6 Å². The minimum absolute atomic E-state index is 0.129. The number of anilines is 2. The molecule has 29 heavy (non-hydrogen) atoms. The van der Waals surface area contributed by atoms with Gasteiger partial charge in [-0.05, 0) is 55.8 Å². The first kappa shape index (κ1) is 22.4. The molecule has 3 N–H and O–H groups in total. The highest BCUT2D eigenvalue weighted by Gasteiger charge is 2.16. The number of rotatable bonds is 9. The summed E-state index contributed by atoms with van der Waals surface area (Å²) in [6.07, 6.45) is 0.684. The van der Waals surface area contributed by atoms with E-state index >= 15 is 0 Å². The Morgan fingerprint density at radius 2 is 1.66 bits per heavy atom. The van der Waals surface area contributed by atoms with E-state index in [-0.39, 0.29) is 29.4 Å². The van der Waals surface area contributed by atoms with Crippen molar-refractivity contribution in [2.24, 2.45) is 0 Å². The van der Waals surface area contributed by atoms with Gasteiger partial charge in [0, 0.05) is 24.3 Å². The lowest BCUT2D eigenvalue weighted by molar-refractivity contribution is -0.118. The largest absolute Gasteiger partial charge is 0.484 e. The minimum atomic E-state index is -3.59. The molecule has 0 fully saturated rings. The Hall–Kier alpha value is -2.91. The van der Waals surface area contributed by atoms with Gasteiger partial charge in [-0.1, -0.05) is 13.0 Å². The molecular formula is C20H25N3O5S. The van der Waals surface area contributed by atoms with Gasteiger partial charge in [-0.25, -0.2) is 13.1 Å². The molecule has 0 bridgehead atoms. The highest BCUT2D eigenvalue weighted by molar-refractivity contribution is 7.89. The van der Waals surface area contributed by atoms with Gasteiger partial charge >= 0.3 is 0 Å². The maximum absolute atomic E-state index is 12.2.